The first kappa shape index (κ1) is 19.0. The molecule has 4 heteroatoms. The van der Waals surface area contributed by atoms with Crippen molar-refractivity contribution in [3.8, 4) is 0 Å². The molecule has 0 radical (unpaired) electrons. The molecular formula is C20H28O3S. The fourth-order valence-electron chi connectivity index (χ4n) is 3.06. The highest BCUT2D eigenvalue weighted by Crippen LogP contribution is 2.39. The zero-order valence-electron chi connectivity index (χ0n) is 15.8. The Morgan fingerprint density at radius 1 is 1.12 bits per heavy atom. The molecule has 1 aromatic carbocycles. The van der Waals surface area contributed by atoms with Gasteiger partial charge in [-0.3, -0.25) is 9.59 Å². The zero-order valence-corrected chi connectivity index (χ0v) is 16.6. The minimum atomic E-state index is -0.404. The van der Waals surface area contributed by atoms with Gasteiger partial charge in [0.15, 0.2) is 0 Å². The van der Waals surface area contributed by atoms with E-state index in [1.807, 2.05) is 11.8 Å². The average Bonchev–Trinajstić information content (AvgIpc) is 2.67. The van der Waals surface area contributed by atoms with Gasteiger partial charge in [0.05, 0.1) is 12.3 Å². The second-order valence-corrected chi connectivity index (χ2v) is 10.5. The minimum absolute atomic E-state index is 0.0375. The largest absolute Gasteiger partial charge is 0.393 e. The predicted octanol–water partition coefficient (Wildman–Crippen LogP) is 4.82. The number of thioether (sulfide) groups is 1. The lowest BCUT2D eigenvalue weighted by Gasteiger charge is -2.27. The van der Waals surface area contributed by atoms with E-state index in [2.05, 4.69) is 60.6 Å². The van der Waals surface area contributed by atoms with Crippen molar-refractivity contribution in [1.29, 1.82) is 0 Å². The van der Waals surface area contributed by atoms with E-state index < -0.39 is 5.97 Å². The molecule has 3 nitrogen and oxygen atoms in total. The molecule has 1 unspecified atom stereocenters. The zero-order chi connectivity index (χ0) is 18.3. The Bertz CT molecular complexity index is 663. The van der Waals surface area contributed by atoms with Crippen LogP contribution >= 0.6 is 11.8 Å². The molecule has 2 rings (SSSR count). The molecule has 1 aromatic rings. The highest BCUT2D eigenvalue weighted by atomic mass is 32.2. The Morgan fingerprint density at radius 2 is 1.75 bits per heavy atom. The summed E-state index contributed by atoms with van der Waals surface area (Å²) in [6.07, 6.45) is 0.754. The lowest BCUT2D eigenvalue weighted by molar-refractivity contribution is -0.153. The van der Waals surface area contributed by atoms with Crippen molar-refractivity contribution < 1.29 is 14.3 Å². The third-order valence-electron chi connectivity index (χ3n) is 4.06. The Balaban J connectivity index is 2.44. The number of ether oxygens (including phenoxy) is 1. The lowest BCUT2D eigenvalue weighted by Crippen LogP contribution is -2.17. The van der Waals surface area contributed by atoms with E-state index in [9.17, 15) is 9.59 Å². The Labute approximate surface area is 149 Å². The molecule has 1 heterocycles. The van der Waals surface area contributed by atoms with Gasteiger partial charge in [0.2, 0.25) is 0 Å². The van der Waals surface area contributed by atoms with Crippen LogP contribution in [0.25, 0.3) is 0 Å². The van der Waals surface area contributed by atoms with Gasteiger partial charge in [0.25, 0.3) is 0 Å². The Hall–Kier alpha value is -1.29. The normalized spacial score (nSPS) is 18.9. The summed E-state index contributed by atoms with van der Waals surface area (Å²) in [6.45, 7) is 15.3. The van der Waals surface area contributed by atoms with E-state index in [1.54, 1.807) is 0 Å². The Kier molecular flexibility index (Phi) is 5.19. The smallest absolute Gasteiger partial charge is 0.317 e. The number of hydrogen-bond donors (Lipinski definition) is 0. The first-order chi connectivity index (χ1) is 10.9. The van der Waals surface area contributed by atoms with E-state index in [0.717, 1.165) is 5.56 Å². The first-order valence-corrected chi connectivity index (χ1v) is 9.26. The van der Waals surface area contributed by atoms with Crippen molar-refractivity contribution in [2.75, 3.05) is 0 Å². The number of hydrogen-bond acceptors (Lipinski definition) is 4. The maximum absolute atomic E-state index is 11.9. The summed E-state index contributed by atoms with van der Waals surface area (Å²) in [5.74, 6) is -1.14. The molecule has 0 aromatic heterocycles. The summed E-state index contributed by atoms with van der Waals surface area (Å²) >= 11 is 1.81. The molecular weight excluding hydrogens is 320 g/mol. The van der Waals surface area contributed by atoms with Gasteiger partial charge >= 0.3 is 11.9 Å². The number of benzene rings is 1. The molecule has 0 N–H and O–H groups in total. The van der Waals surface area contributed by atoms with Crippen LogP contribution in [0.4, 0.5) is 0 Å². The van der Waals surface area contributed by atoms with Crippen LogP contribution in [0.5, 0.6) is 0 Å². The van der Waals surface area contributed by atoms with Gasteiger partial charge in [0.1, 0.15) is 0 Å². The summed E-state index contributed by atoms with van der Waals surface area (Å²) in [7, 11) is 0. The lowest BCUT2D eigenvalue weighted by atomic mass is 9.82. The summed E-state index contributed by atoms with van der Waals surface area (Å²) in [5, 5.41) is 0. The van der Waals surface area contributed by atoms with Crippen LogP contribution in [0.1, 0.15) is 64.7 Å². The van der Waals surface area contributed by atoms with Crippen LogP contribution in [0.2, 0.25) is 0 Å². The monoisotopic (exact) mass is 348 g/mol. The fraction of sp³-hybridized carbons (Fsp3) is 0.600. The predicted molar refractivity (Wildman–Crippen MR) is 98.4 cm³/mol. The van der Waals surface area contributed by atoms with Crippen LogP contribution in [0.3, 0.4) is 0 Å². The molecule has 0 bridgehead atoms. The van der Waals surface area contributed by atoms with Crippen LogP contribution in [-0.2, 0) is 26.2 Å². The molecule has 0 amide bonds. The van der Waals surface area contributed by atoms with Crippen LogP contribution in [0.15, 0.2) is 17.0 Å². The van der Waals surface area contributed by atoms with Crippen molar-refractivity contribution in [3.05, 3.63) is 28.8 Å². The van der Waals surface area contributed by atoms with E-state index in [0.29, 0.717) is 6.42 Å². The van der Waals surface area contributed by atoms with Crippen LogP contribution in [-0.4, -0.2) is 16.7 Å². The average molecular weight is 349 g/mol. The third-order valence-corrected chi connectivity index (χ3v) is 5.27. The van der Waals surface area contributed by atoms with E-state index >= 15 is 0 Å². The number of aryl methyl sites for hydroxylation is 1. The highest BCUT2D eigenvalue weighted by molar-refractivity contribution is 8.00. The molecule has 0 aliphatic carbocycles. The molecule has 24 heavy (non-hydrogen) atoms. The second kappa shape index (κ2) is 6.55. The van der Waals surface area contributed by atoms with E-state index in [1.165, 1.54) is 16.0 Å². The third kappa shape index (κ3) is 4.62. The molecule has 0 spiro atoms. The standard InChI is InChI=1S/C20H28O3S/c1-12-8-16(24-20(5,6)7)13(10-15(12)19(2,3)4)9-14-11-17(21)23-18(14)22/h8,10,14H,9,11H2,1-7H3. The summed E-state index contributed by atoms with van der Waals surface area (Å²) in [6, 6.07) is 4.45. The van der Waals surface area contributed by atoms with Crippen molar-refractivity contribution in [2.45, 2.75) is 76.4 Å². The van der Waals surface area contributed by atoms with Gasteiger partial charge in [0, 0.05) is 9.64 Å². The Morgan fingerprint density at radius 3 is 2.21 bits per heavy atom. The van der Waals surface area contributed by atoms with E-state index in [4.69, 9.17) is 4.74 Å². The summed E-state index contributed by atoms with van der Waals surface area (Å²) < 4.78 is 4.80. The molecule has 0 saturated carbocycles. The first-order valence-electron chi connectivity index (χ1n) is 8.44. The molecule has 1 saturated heterocycles. The summed E-state index contributed by atoms with van der Waals surface area (Å²) in [4.78, 5) is 24.5. The summed E-state index contributed by atoms with van der Waals surface area (Å²) in [5.41, 5.74) is 3.73. The van der Waals surface area contributed by atoms with Crippen LogP contribution < -0.4 is 0 Å². The van der Waals surface area contributed by atoms with Gasteiger partial charge in [-0.2, -0.15) is 0 Å². The fourth-order valence-corrected chi connectivity index (χ4v) is 4.23. The van der Waals surface area contributed by atoms with Crippen molar-refractivity contribution in [3.63, 3.8) is 0 Å². The van der Waals surface area contributed by atoms with Gasteiger partial charge in [-0.15, -0.1) is 11.8 Å². The van der Waals surface area contributed by atoms with Gasteiger partial charge in [-0.05, 0) is 41.5 Å². The quantitative estimate of drug-likeness (QED) is 0.446. The molecule has 132 valence electrons. The SMILES string of the molecule is Cc1cc(SC(C)(C)C)c(CC2CC(=O)OC2=O)cc1C(C)(C)C. The topological polar surface area (TPSA) is 43.4 Å². The highest BCUT2D eigenvalue weighted by Gasteiger charge is 2.34. The van der Waals surface area contributed by atoms with E-state index in [-0.39, 0.29) is 28.5 Å². The number of rotatable bonds is 3. The molecule has 1 fully saturated rings. The van der Waals surface area contributed by atoms with Gasteiger partial charge in [-0.25, -0.2) is 0 Å². The maximum atomic E-state index is 11.9. The van der Waals surface area contributed by atoms with Gasteiger partial charge in [-0.1, -0.05) is 47.6 Å². The number of esters is 2. The number of carbonyl (C=O) groups is 2. The maximum Gasteiger partial charge on any atom is 0.317 e. The molecule has 1 aliphatic heterocycles. The van der Waals surface area contributed by atoms with Crippen molar-refractivity contribution >= 4 is 23.7 Å². The molecule has 1 aliphatic rings. The second-order valence-electron chi connectivity index (χ2n) is 8.64. The number of cyclic esters (lactones) is 2. The van der Waals surface area contributed by atoms with Crippen molar-refractivity contribution in [2.24, 2.45) is 5.92 Å². The number of carbonyl (C=O) groups excluding carboxylic acids is 2. The van der Waals surface area contributed by atoms with Crippen molar-refractivity contribution in [1.82, 2.24) is 0 Å². The molecule has 1 atom stereocenters. The minimum Gasteiger partial charge on any atom is -0.393 e. The van der Waals surface area contributed by atoms with Crippen LogP contribution in [0, 0.1) is 12.8 Å². The van der Waals surface area contributed by atoms with Gasteiger partial charge < -0.3 is 4.74 Å².